The molecule has 0 radical (unpaired) electrons. The smallest absolute Gasteiger partial charge is 0.195 e. The van der Waals surface area contributed by atoms with Crippen molar-refractivity contribution in [1.82, 2.24) is 14.8 Å². The number of rotatable bonds is 2. The van der Waals surface area contributed by atoms with E-state index in [1.807, 2.05) is 4.57 Å². The summed E-state index contributed by atoms with van der Waals surface area (Å²) in [4.78, 5) is 0. The van der Waals surface area contributed by atoms with Crippen LogP contribution in [0.1, 0.15) is 23.0 Å². The predicted octanol–water partition coefficient (Wildman–Crippen LogP) is 1.77. The summed E-state index contributed by atoms with van der Waals surface area (Å²) in [5.41, 5.74) is 2.73. The van der Waals surface area contributed by atoms with E-state index in [2.05, 4.69) is 34.5 Å². The third-order valence-corrected chi connectivity index (χ3v) is 3.60. The van der Waals surface area contributed by atoms with Crippen molar-refractivity contribution < 1.29 is 5.11 Å². The van der Waals surface area contributed by atoms with Gasteiger partial charge < -0.3 is 5.11 Å². The van der Waals surface area contributed by atoms with E-state index in [4.69, 9.17) is 12.2 Å². The van der Waals surface area contributed by atoms with Gasteiger partial charge in [-0.1, -0.05) is 24.3 Å². The van der Waals surface area contributed by atoms with Gasteiger partial charge >= 0.3 is 0 Å². The number of aliphatic hydroxyl groups excluding tert-OH is 1. The highest BCUT2D eigenvalue weighted by Crippen LogP contribution is 2.30. The Kier molecular flexibility index (Phi) is 2.57. The van der Waals surface area contributed by atoms with Crippen LogP contribution in [0, 0.1) is 4.77 Å². The first-order valence-corrected chi connectivity index (χ1v) is 6.04. The first kappa shape index (κ1) is 10.7. The summed E-state index contributed by atoms with van der Waals surface area (Å²) in [7, 11) is 0. The average molecular weight is 247 g/mol. The fourth-order valence-electron chi connectivity index (χ4n) is 2.54. The van der Waals surface area contributed by atoms with Gasteiger partial charge in [-0.25, -0.2) is 0 Å². The highest BCUT2D eigenvalue weighted by Gasteiger charge is 2.24. The molecule has 0 aliphatic heterocycles. The van der Waals surface area contributed by atoms with Gasteiger partial charge in [0.15, 0.2) is 10.6 Å². The van der Waals surface area contributed by atoms with Gasteiger partial charge in [0, 0.05) is 6.04 Å². The van der Waals surface area contributed by atoms with E-state index < -0.39 is 0 Å². The van der Waals surface area contributed by atoms with Crippen LogP contribution in [0.2, 0.25) is 0 Å². The highest BCUT2D eigenvalue weighted by molar-refractivity contribution is 7.71. The molecule has 0 unspecified atom stereocenters. The van der Waals surface area contributed by atoms with Crippen LogP contribution in [0.5, 0.6) is 0 Å². The number of fused-ring (bicyclic) bond motifs is 1. The van der Waals surface area contributed by atoms with E-state index >= 15 is 0 Å². The first-order valence-electron chi connectivity index (χ1n) is 5.63. The third-order valence-electron chi connectivity index (χ3n) is 3.31. The predicted molar refractivity (Wildman–Crippen MR) is 66.2 cm³/mol. The minimum Gasteiger partial charge on any atom is -0.388 e. The molecule has 2 N–H and O–H groups in total. The lowest BCUT2D eigenvalue weighted by molar-refractivity contribution is 0.260. The summed E-state index contributed by atoms with van der Waals surface area (Å²) in [5, 5.41) is 16.0. The maximum absolute atomic E-state index is 9.26. The largest absolute Gasteiger partial charge is 0.388 e. The second-order valence-corrected chi connectivity index (χ2v) is 4.69. The molecule has 0 spiro atoms. The van der Waals surface area contributed by atoms with Crippen LogP contribution in [0.3, 0.4) is 0 Å². The molecule has 1 aromatic heterocycles. The van der Waals surface area contributed by atoms with Gasteiger partial charge in [-0.2, -0.15) is 5.10 Å². The molecule has 0 amide bonds. The molecule has 0 bridgehead atoms. The number of nitrogens with one attached hydrogen (secondary N) is 1. The molecule has 3 rings (SSSR count). The van der Waals surface area contributed by atoms with E-state index in [9.17, 15) is 5.11 Å². The summed E-state index contributed by atoms with van der Waals surface area (Å²) in [6, 6.07) is 8.70. The average Bonchev–Trinajstić information content (AvgIpc) is 2.91. The minimum atomic E-state index is -0.0833. The summed E-state index contributed by atoms with van der Waals surface area (Å²) in [5.74, 6) is 0.618. The Morgan fingerprint density at radius 1 is 1.35 bits per heavy atom. The minimum absolute atomic E-state index is 0.0833. The Morgan fingerprint density at radius 2 is 2.00 bits per heavy atom. The van der Waals surface area contributed by atoms with Crippen molar-refractivity contribution in [2.75, 3.05) is 0 Å². The molecule has 1 aromatic carbocycles. The van der Waals surface area contributed by atoms with Gasteiger partial charge in [-0.05, 0) is 36.2 Å². The third kappa shape index (κ3) is 1.71. The highest BCUT2D eigenvalue weighted by atomic mass is 32.1. The van der Waals surface area contributed by atoms with Gasteiger partial charge in [-0.3, -0.25) is 9.67 Å². The monoisotopic (exact) mass is 247 g/mol. The van der Waals surface area contributed by atoms with Gasteiger partial charge in [0.1, 0.15) is 6.61 Å². The van der Waals surface area contributed by atoms with Gasteiger partial charge in [0.2, 0.25) is 0 Å². The van der Waals surface area contributed by atoms with Crippen molar-refractivity contribution in [3.05, 3.63) is 46.0 Å². The fourth-order valence-corrected chi connectivity index (χ4v) is 2.84. The van der Waals surface area contributed by atoms with Gasteiger partial charge in [0.25, 0.3) is 0 Å². The standard InChI is InChI=1S/C12H13N3OS/c16-7-11-13-14-12(17)15(11)10-5-8-3-1-2-4-9(8)6-10/h1-4,10,16H,5-7H2,(H,14,17). The van der Waals surface area contributed by atoms with Crippen molar-refractivity contribution in [1.29, 1.82) is 0 Å². The molecule has 1 aliphatic carbocycles. The van der Waals surface area contributed by atoms with Crippen LogP contribution in [-0.2, 0) is 19.4 Å². The van der Waals surface area contributed by atoms with Crippen LogP contribution in [0.4, 0.5) is 0 Å². The second kappa shape index (κ2) is 4.09. The Morgan fingerprint density at radius 3 is 2.59 bits per heavy atom. The number of H-pyrrole nitrogens is 1. The molecule has 5 heteroatoms. The van der Waals surface area contributed by atoms with Crippen molar-refractivity contribution in [2.45, 2.75) is 25.5 Å². The molecule has 0 saturated carbocycles. The molecule has 4 nitrogen and oxygen atoms in total. The number of aromatic amines is 1. The Labute approximate surface area is 104 Å². The Bertz CT molecular complexity index is 577. The van der Waals surface area contributed by atoms with Crippen molar-refractivity contribution in [3.8, 4) is 0 Å². The molecule has 0 fully saturated rings. The fraction of sp³-hybridized carbons (Fsp3) is 0.333. The molecule has 0 atom stereocenters. The maximum Gasteiger partial charge on any atom is 0.195 e. The van der Waals surface area contributed by atoms with Crippen molar-refractivity contribution >= 4 is 12.2 Å². The molecule has 1 aliphatic rings. The van der Waals surface area contributed by atoms with E-state index in [1.54, 1.807) is 0 Å². The maximum atomic E-state index is 9.26. The van der Waals surface area contributed by atoms with Crippen LogP contribution < -0.4 is 0 Å². The number of aliphatic hydroxyl groups is 1. The molecule has 1 heterocycles. The lowest BCUT2D eigenvalue weighted by Gasteiger charge is -2.12. The van der Waals surface area contributed by atoms with Crippen molar-refractivity contribution in [2.24, 2.45) is 0 Å². The molecule has 17 heavy (non-hydrogen) atoms. The molecule has 88 valence electrons. The summed E-state index contributed by atoms with van der Waals surface area (Å²) < 4.78 is 2.53. The number of hydrogen-bond acceptors (Lipinski definition) is 3. The summed E-state index contributed by atoms with van der Waals surface area (Å²) >= 11 is 5.22. The van der Waals surface area contributed by atoms with Crippen LogP contribution in [-0.4, -0.2) is 19.9 Å². The zero-order valence-corrected chi connectivity index (χ0v) is 10.1. The topological polar surface area (TPSA) is 53.8 Å². The van der Waals surface area contributed by atoms with Crippen molar-refractivity contribution in [3.63, 3.8) is 0 Å². The summed E-state index contributed by atoms with van der Waals surface area (Å²) in [6.45, 7) is -0.0833. The second-order valence-electron chi connectivity index (χ2n) is 4.30. The van der Waals surface area contributed by atoms with E-state index in [0.717, 1.165) is 12.8 Å². The Hall–Kier alpha value is -1.46. The first-order chi connectivity index (χ1) is 8.29. The molecular weight excluding hydrogens is 234 g/mol. The van der Waals surface area contributed by atoms with Crippen LogP contribution in [0.25, 0.3) is 0 Å². The van der Waals surface area contributed by atoms with Crippen LogP contribution >= 0.6 is 12.2 Å². The van der Waals surface area contributed by atoms with Crippen LogP contribution in [0.15, 0.2) is 24.3 Å². The lowest BCUT2D eigenvalue weighted by Crippen LogP contribution is -2.13. The number of nitrogens with zero attached hydrogens (tertiary/aromatic N) is 2. The summed E-state index contributed by atoms with van der Waals surface area (Å²) in [6.07, 6.45) is 1.91. The SMILES string of the molecule is OCc1n[nH]c(=S)n1C1Cc2ccccc2C1. The van der Waals surface area contributed by atoms with E-state index in [0.29, 0.717) is 10.6 Å². The zero-order valence-electron chi connectivity index (χ0n) is 9.26. The normalized spacial score (nSPS) is 15.1. The zero-order chi connectivity index (χ0) is 11.8. The number of aromatic nitrogens is 3. The molecule has 2 aromatic rings. The van der Waals surface area contributed by atoms with Gasteiger partial charge in [-0.15, -0.1) is 0 Å². The Balaban J connectivity index is 1.99. The molecular formula is C12H13N3OS. The number of benzene rings is 1. The van der Waals surface area contributed by atoms with Gasteiger partial charge in [0.05, 0.1) is 0 Å². The van der Waals surface area contributed by atoms with E-state index in [1.165, 1.54) is 11.1 Å². The van der Waals surface area contributed by atoms with E-state index in [-0.39, 0.29) is 12.6 Å². The lowest BCUT2D eigenvalue weighted by atomic mass is 10.1. The number of hydrogen-bond donors (Lipinski definition) is 2. The quantitative estimate of drug-likeness (QED) is 0.795. The molecule has 0 saturated heterocycles.